The van der Waals surface area contributed by atoms with Gasteiger partial charge in [-0.25, -0.2) is 4.79 Å². The quantitative estimate of drug-likeness (QED) is 0.474. The highest BCUT2D eigenvalue weighted by atomic mass is 79.9. The number of esters is 1. The zero-order valence-electron chi connectivity index (χ0n) is 15.5. The van der Waals surface area contributed by atoms with E-state index in [0.29, 0.717) is 37.9 Å². The number of methoxy groups -OCH3 is 1. The Balaban J connectivity index is 1.85. The van der Waals surface area contributed by atoms with Crippen molar-refractivity contribution in [3.63, 3.8) is 0 Å². The fourth-order valence-corrected chi connectivity index (χ4v) is 3.93. The van der Waals surface area contributed by atoms with E-state index in [4.69, 9.17) is 25.8 Å². The summed E-state index contributed by atoms with van der Waals surface area (Å²) in [6.07, 6.45) is 1.63. The standard InChI is InChI=1S/C21H15BrClNO5/c1-11-19(21(26)27-2)15(20(25)24(11)14-5-3-4-13(23)8-14)6-12-7-17-18(9-16(12)22)29-10-28-17/h3-9H,10H2,1-2H3. The molecule has 0 spiro atoms. The van der Waals surface area contributed by atoms with E-state index in [1.54, 1.807) is 49.4 Å². The molecule has 2 aromatic carbocycles. The average Bonchev–Trinajstić information content (AvgIpc) is 3.23. The molecule has 0 saturated carbocycles. The minimum absolute atomic E-state index is 0.135. The van der Waals surface area contributed by atoms with Gasteiger partial charge >= 0.3 is 5.97 Å². The molecule has 0 bridgehead atoms. The lowest BCUT2D eigenvalue weighted by Crippen LogP contribution is -2.24. The number of carbonyl (C=O) groups excluding carboxylic acids is 2. The van der Waals surface area contributed by atoms with Gasteiger partial charge in [-0.05, 0) is 48.9 Å². The number of carbonyl (C=O) groups is 2. The molecular formula is C21H15BrClNO5. The molecule has 148 valence electrons. The summed E-state index contributed by atoms with van der Waals surface area (Å²) in [5, 5.41) is 0.485. The van der Waals surface area contributed by atoms with Gasteiger partial charge in [0.25, 0.3) is 5.91 Å². The number of benzene rings is 2. The van der Waals surface area contributed by atoms with E-state index < -0.39 is 5.97 Å². The first-order chi connectivity index (χ1) is 13.9. The van der Waals surface area contributed by atoms with Crippen LogP contribution in [0.5, 0.6) is 11.5 Å². The summed E-state index contributed by atoms with van der Waals surface area (Å²) in [5.41, 5.74) is 2.11. The fraction of sp³-hybridized carbons (Fsp3) is 0.143. The predicted molar refractivity (Wildman–Crippen MR) is 112 cm³/mol. The van der Waals surface area contributed by atoms with E-state index in [2.05, 4.69) is 15.9 Å². The number of allylic oxidation sites excluding steroid dienone is 1. The predicted octanol–water partition coefficient (Wildman–Crippen LogP) is 4.71. The second kappa shape index (κ2) is 7.57. The van der Waals surface area contributed by atoms with Crippen LogP contribution >= 0.6 is 27.5 Å². The largest absolute Gasteiger partial charge is 0.465 e. The number of anilines is 1. The topological polar surface area (TPSA) is 65.1 Å². The van der Waals surface area contributed by atoms with Gasteiger partial charge in [-0.3, -0.25) is 9.69 Å². The number of nitrogens with zero attached hydrogens (tertiary/aromatic N) is 1. The molecule has 0 atom stereocenters. The van der Waals surface area contributed by atoms with Crippen molar-refractivity contribution >= 4 is 51.2 Å². The lowest BCUT2D eigenvalue weighted by atomic mass is 10.0. The molecule has 2 aliphatic rings. The van der Waals surface area contributed by atoms with Crippen molar-refractivity contribution in [1.82, 2.24) is 0 Å². The van der Waals surface area contributed by atoms with Crippen LogP contribution in [0.2, 0.25) is 5.02 Å². The maximum atomic E-state index is 13.3. The Morgan fingerprint density at radius 1 is 1.24 bits per heavy atom. The molecular weight excluding hydrogens is 462 g/mol. The second-order valence-electron chi connectivity index (χ2n) is 6.36. The molecule has 0 aliphatic carbocycles. The third-order valence-corrected chi connectivity index (χ3v) is 5.57. The number of amides is 1. The fourth-order valence-electron chi connectivity index (χ4n) is 3.31. The Labute approximate surface area is 180 Å². The molecule has 29 heavy (non-hydrogen) atoms. The van der Waals surface area contributed by atoms with Gasteiger partial charge in [0.2, 0.25) is 6.79 Å². The van der Waals surface area contributed by atoms with Crippen LogP contribution in [0.4, 0.5) is 5.69 Å². The Morgan fingerprint density at radius 2 is 1.97 bits per heavy atom. The van der Waals surface area contributed by atoms with Gasteiger partial charge in [0.1, 0.15) is 0 Å². The van der Waals surface area contributed by atoms with Crippen molar-refractivity contribution in [1.29, 1.82) is 0 Å². The van der Waals surface area contributed by atoms with Crippen LogP contribution < -0.4 is 14.4 Å². The van der Waals surface area contributed by atoms with Gasteiger partial charge in [-0.2, -0.15) is 0 Å². The minimum Gasteiger partial charge on any atom is -0.465 e. The Bertz CT molecular complexity index is 1110. The molecule has 0 N–H and O–H groups in total. The van der Waals surface area contributed by atoms with Gasteiger partial charge in [0.05, 0.1) is 23.9 Å². The smallest absolute Gasteiger partial charge is 0.340 e. The molecule has 0 unspecified atom stereocenters. The summed E-state index contributed by atoms with van der Waals surface area (Å²) in [6, 6.07) is 10.4. The maximum absolute atomic E-state index is 13.3. The summed E-state index contributed by atoms with van der Waals surface area (Å²) >= 11 is 9.57. The van der Waals surface area contributed by atoms with Crippen molar-refractivity contribution in [3.8, 4) is 11.5 Å². The van der Waals surface area contributed by atoms with Gasteiger partial charge in [0, 0.05) is 15.2 Å². The summed E-state index contributed by atoms with van der Waals surface area (Å²) in [4.78, 5) is 27.3. The number of halogens is 2. The van der Waals surface area contributed by atoms with E-state index in [0.717, 1.165) is 0 Å². The van der Waals surface area contributed by atoms with E-state index in [1.807, 2.05) is 0 Å². The van der Waals surface area contributed by atoms with E-state index in [1.165, 1.54) is 12.0 Å². The van der Waals surface area contributed by atoms with Crippen LogP contribution in [0.1, 0.15) is 12.5 Å². The van der Waals surface area contributed by atoms with E-state index in [9.17, 15) is 9.59 Å². The SMILES string of the molecule is COC(=O)C1=C(C)N(c2cccc(Cl)c2)C(=O)C1=Cc1cc2c(cc1Br)OCO2. The Morgan fingerprint density at radius 3 is 2.66 bits per heavy atom. The van der Waals surface area contributed by atoms with Crippen molar-refractivity contribution in [2.45, 2.75) is 6.92 Å². The molecule has 2 aliphatic heterocycles. The number of hydrogen-bond donors (Lipinski definition) is 0. The lowest BCUT2D eigenvalue weighted by molar-refractivity contribution is -0.136. The van der Waals surface area contributed by atoms with Crippen LogP contribution in [0.15, 0.2) is 57.7 Å². The molecule has 8 heteroatoms. The highest BCUT2D eigenvalue weighted by Crippen LogP contribution is 2.40. The molecule has 2 heterocycles. The van der Waals surface area contributed by atoms with Crippen LogP contribution in [0, 0.1) is 0 Å². The van der Waals surface area contributed by atoms with Crippen LogP contribution in [-0.4, -0.2) is 25.8 Å². The Hall–Kier alpha value is -2.77. The third kappa shape index (κ3) is 3.41. The van der Waals surface area contributed by atoms with Gasteiger partial charge in [0.15, 0.2) is 11.5 Å². The number of rotatable bonds is 3. The van der Waals surface area contributed by atoms with Crippen LogP contribution in [0.3, 0.4) is 0 Å². The molecule has 0 aromatic heterocycles. The third-order valence-electron chi connectivity index (χ3n) is 4.65. The molecule has 0 radical (unpaired) electrons. The zero-order chi connectivity index (χ0) is 20.7. The Kier molecular flexibility index (Phi) is 5.10. The van der Waals surface area contributed by atoms with Crippen LogP contribution in [-0.2, 0) is 14.3 Å². The minimum atomic E-state index is -0.594. The molecule has 6 nitrogen and oxygen atoms in total. The summed E-state index contributed by atoms with van der Waals surface area (Å²) < 4.78 is 16.4. The lowest BCUT2D eigenvalue weighted by Gasteiger charge is -2.18. The van der Waals surface area contributed by atoms with Gasteiger partial charge in [-0.1, -0.05) is 33.6 Å². The maximum Gasteiger partial charge on any atom is 0.340 e. The molecule has 0 saturated heterocycles. The second-order valence-corrected chi connectivity index (χ2v) is 7.65. The first kappa shape index (κ1) is 19.5. The molecule has 1 amide bonds. The van der Waals surface area contributed by atoms with Crippen molar-refractivity contribution in [2.24, 2.45) is 0 Å². The number of ether oxygens (including phenoxy) is 3. The van der Waals surface area contributed by atoms with Gasteiger partial charge < -0.3 is 14.2 Å². The van der Waals surface area contributed by atoms with E-state index >= 15 is 0 Å². The van der Waals surface area contributed by atoms with E-state index in [-0.39, 0.29) is 23.8 Å². The molecule has 2 aromatic rings. The summed E-state index contributed by atoms with van der Waals surface area (Å²) in [7, 11) is 1.28. The molecule has 0 fully saturated rings. The zero-order valence-corrected chi connectivity index (χ0v) is 17.8. The first-order valence-electron chi connectivity index (χ1n) is 8.61. The normalized spacial score (nSPS) is 16.8. The van der Waals surface area contributed by atoms with Gasteiger partial charge in [-0.15, -0.1) is 0 Å². The number of hydrogen-bond acceptors (Lipinski definition) is 5. The highest BCUT2D eigenvalue weighted by molar-refractivity contribution is 9.10. The van der Waals surface area contributed by atoms with Crippen molar-refractivity contribution < 1.29 is 23.8 Å². The summed E-state index contributed by atoms with van der Waals surface area (Å²) in [5.74, 6) is 0.230. The monoisotopic (exact) mass is 475 g/mol. The first-order valence-corrected chi connectivity index (χ1v) is 9.78. The number of fused-ring (bicyclic) bond motifs is 1. The van der Waals surface area contributed by atoms with Crippen LogP contribution in [0.25, 0.3) is 6.08 Å². The van der Waals surface area contributed by atoms with Crippen molar-refractivity contribution in [2.75, 3.05) is 18.8 Å². The molecule has 4 rings (SSSR count). The average molecular weight is 477 g/mol. The van der Waals surface area contributed by atoms with Crippen molar-refractivity contribution in [3.05, 3.63) is 68.3 Å². The summed E-state index contributed by atoms with van der Waals surface area (Å²) in [6.45, 7) is 1.83. The highest BCUT2D eigenvalue weighted by Gasteiger charge is 2.38.